The molecule has 1 amide bonds. The number of oxazole rings is 1. The molecule has 10 nitrogen and oxygen atoms in total. The molecule has 0 fully saturated rings. The van der Waals surface area contributed by atoms with Crippen molar-refractivity contribution < 1.29 is 36.7 Å². The first-order valence-corrected chi connectivity index (χ1v) is 10.8. The van der Waals surface area contributed by atoms with Crippen LogP contribution in [0.25, 0.3) is 22.1 Å². The van der Waals surface area contributed by atoms with E-state index in [9.17, 15) is 22.8 Å². The summed E-state index contributed by atoms with van der Waals surface area (Å²) >= 11 is 0. The number of halogens is 3. The number of rotatable bonds is 9. The van der Waals surface area contributed by atoms with Gasteiger partial charge in [0.15, 0.2) is 5.58 Å². The van der Waals surface area contributed by atoms with E-state index in [1.807, 2.05) is 0 Å². The predicted octanol–water partition coefficient (Wildman–Crippen LogP) is 3.79. The number of nitrogens with zero attached hydrogens (tertiary/aromatic N) is 3. The largest absolute Gasteiger partial charge is 0.463 e. The Hall–Kier alpha value is -4.13. The minimum absolute atomic E-state index is 0.0135. The van der Waals surface area contributed by atoms with Crippen molar-refractivity contribution in [3.8, 4) is 0 Å². The van der Waals surface area contributed by atoms with Crippen LogP contribution < -0.4 is 10.6 Å². The summed E-state index contributed by atoms with van der Waals surface area (Å²) in [5, 5.41) is 5.60. The molecular formula is C23H22F3N5O5. The first-order chi connectivity index (χ1) is 17.1. The lowest BCUT2D eigenvalue weighted by Crippen LogP contribution is -2.27. The number of hydrogen-bond acceptors (Lipinski definition) is 8. The predicted molar refractivity (Wildman–Crippen MR) is 123 cm³/mol. The Kier molecular flexibility index (Phi) is 7.10. The lowest BCUT2D eigenvalue weighted by atomic mass is 10.2. The zero-order valence-electron chi connectivity index (χ0n) is 19.3. The minimum Gasteiger partial charge on any atom is -0.463 e. The first kappa shape index (κ1) is 25.0. The average molecular weight is 505 g/mol. The molecular weight excluding hydrogens is 483 g/mol. The SMILES string of the molecule is CC(=O)OCCOCCNC(=O)c1ccc2c(c1)nc(Nc1nc3ccc(C(F)(F)F)cc3o1)n2C. The van der Waals surface area contributed by atoms with Gasteiger partial charge in [-0.1, -0.05) is 0 Å². The van der Waals surface area contributed by atoms with Crippen LogP contribution in [-0.4, -0.2) is 52.8 Å². The van der Waals surface area contributed by atoms with Gasteiger partial charge in [-0.05, 0) is 36.4 Å². The van der Waals surface area contributed by atoms with Crippen molar-refractivity contribution in [1.82, 2.24) is 19.9 Å². The van der Waals surface area contributed by atoms with Gasteiger partial charge in [0.25, 0.3) is 5.91 Å². The number of amides is 1. The Bertz CT molecular complexity index is 1410. The summed E-state index contributed by atoms with van der Waals surface area (Å²) in [6.07, 6.45) is -4.49. The summed E-state index contributed by atoms with van der Waals surface area (Å²) in [5.74, 6) is -0.380. The van der Waals surface area contributed by atoms with Crippen LogP contribution in [0.5, 0.6) is 0 Å². The van der Waals surface area contributed by atoms with Gasteiger partial charge >= 0.3 is 18.2 Å². The third kappa shape index (κ3) is 5.74. The Morgan fingerprint density at radius 3 is 2.61 bits per heavy atom. The zero-order chi connectivity index (χ0) is 25.9. The van der Waals surface area contributed by atoms with Crippen molar-refractivity contribution in [2.45, 2.75) is 13.1 Å². The highest BCUT2D eigenvalue weighted by Gasteiger charge is 2.31. The number of carbonyl (C=O) groups excluding carboxylic acids is 2. The second-order valence-electron chi connectivity index (χ2n) is 7.73. The first-order valence-electron chi connectivity index (χ1n) is 10.8. The highest BCUT2D eigenvalue weighted by Crippen LogP contribution is 2.32. The van der Waals surface area contributed by atoms with E-state index in [0.717, 1.165) is 12.1 Å². The number of carbonyl (C=O) groups is 2. The van der Waals surface area contributed by atoms with Crippen LogP contribution in [0.4, 0.5) is 25.1 Å². The van der Waals surface area contributed by atoms with Gasteiger partial charge in [0.2, 0.25) is 5.95 Å². The van der Waals surface area contributed by atoms with Crippen LogP contribution >= 0.6 is 0 Å². The van der Waals surface area contributed by atoms with E-state index in [1.54, 1.807) is 29.8 Å². The van der Waals surface area contributed by atoms with Crippen molar-refractivity contribution in [3.63, 3.8) is 0 Å². The number of hydrogen-bond donors (Lipinski definition) is 2. The van der Waals surface area contributed by atoms with Crippen molar-refractivity contribution in [1.29, 1.82) is 0 Å². The molecule has 0 atom stereocenters. The number of fused-ring (bicyclic) bond motifs is 2. The van der Waals surface area contributed by atoms with E-state index in [-0.39, 0.29) is 55.4 Å². The molecule has 2 aromatic carbocycles. The highest BCUT2D eigenvalue weighted by molar-refractivity contribution is 5.97. The smallest absolute Gasteiger partial charge is 0.416 e. The van der Waals surface area contributed by atoms with Crippen LogP contribution in [0, 0.1) is 0 Å². The van der Waals surface area contributed by atoms with Crippen LogP contribution in [0.3, 0.4) is 0 Å². The molecule has 0 unspecified atom stereocenters. The number of anilines is 2. The Morgan fingerprint density at radius 2 is 1.86 bits per heavy atom. The zero-order valence-corrected chi connectivity index (χ0v) is 19.3. The lowest BCUT2D eigenvalue weighted by Gasteiger charge is -2.07. The number of imidazole rings is 1. The maximum atomic E-state index is 12.9. The number of benzene rings is 2. The molecule has 4 rings (SSSR count). The molecule has 0 aliphatic rings. The molecule has 0 saturated carbocycles. The third-order valence-corrected chi connectivity index (χ3v) is 5.14. The molecule has 36 heavy (non-hydrogen) atoms. The summed E-state index contributed by atoms with van der Waals surface area (Å²) < 4.78 is 56.0. The van der Waals surface area contributed by atoms with Gasteiger partial charge < -0.3 is 23.8 Å². The van der Waals surface area contributed by atoms with Crippen LogP contribution in [0.15, 0.2) is 40.8 Å². The number of aryl methyl sites for hydroxylation is 1. The summed E-state index contributed by atoms with van der Waals surface area (Å²) in [6, 6.07) is 8.01. The van der Waals surface area contributed by atoms with Gasteiger partial charge in [0, 0.05) is 26.1 Å². The van der Waals surface area contributed by atoms with E-state index in [4.69, 9.17) is 13.9 Å². The van der Waals surface area contributed by atoms with E-state index in [0.29, 0.717) is 22.5 Å². The number of nitrogens with one attached hydrogen (secondary N) is 2. The summed E-state index contributed by atoms with van der Waals surface area (Å²) in [4.78, 5) is 31.7. The monoisotopic (exact) mass is 505 g/mol. The maximum Gasteiger partial charge on any atom is 0.416 e. The molecule has 0 aliphatic heterocycles. The van der Waals surface area contributed by atoms with Crippen molar-refractivity contribution in [2.75, 3.05) is 31.7 Å². The lowest BCUT2D eigenvalue weighted by molar-refractivity contribution is -0.142. The maximum absolute atomic E-state index is 12.9. The number of esters is 1. The topological polar surface area (TPSA) is 121 Å². The summed E-state index contributed by atoms with van der Waals surface area (Å²) in [7, 11) is 1.73. The molecule has 190 valence electrons. The molecule has 4 aromatic rings. The van der Waals surface area contributed by atoms with Crippen LogP contribution in [0.2, 0.25) is 0 Å². The van der Waals surface area contributed by atoms with Crippen LogP contribution in [0.1, 0.15) is 22.8 Å². The van der Waals surface area contributed by atoms with Crippen molar-refractivity contribution >= 4 is 46.0 Å². The normalized spacial score (nSPS) is 11.7. The van der Waals surface area contributed by atoms with E-state index >= 15 is 0 Å². The molecule has 2 heterocycles. The molecule has 2 N–H and O–H groups in total. The number of ether oxygens (including phenoxy) is 2. The average Bonchev–Trinajstić information content (AvgIpc) is 3.36. The molecule has 0 saturated heterocycles. The Morgan fingerprint density at radius 1 is 1.06 bits per heavy atom. The molecule has 0 radical (unpaired) electrons. The quantitative estimate of drug-likeness (QED) is 0.261. The van der Waals surface area contributed by atoms with Gasteiger partial charge in [-0.25, -0.2) is 4.98 Å². The van der Waals surface area contributed by atoms with E-state index < -0.39 is 11.7 Å². The molecule has 2 aromatic heterocycles. The van der Waals surface area contributed by atoms with Gasteiger partial charge in [0.1, 0.15) is 12.1 Å². The standard InChI is InChI=1S/C23H22F3N5O5/c1-13(32)35-10-9-34-8-7-27-20(33)14-3-6-18-17(11-14)28-21(31(18)2)30-22-29-16-5-4-15(23(24,25)26)12-19(16)36-22/h3-6,11-12H,7-10H2,1-2H3,(H,27,33)(H,28,29,30). The fraction of sp³-hybridized carbons (Fsp3) is 0.304. The molecule has 13 heteroatoms. The molecule has 0 spiro atoms. The van der Waals surface area contributed by atoms with E-state index in [2.05, 4.69) is 20.6 Å². The van der Waals surface area contributed by atoms with E-state index in [1.165, 1.54) is 13.0 Å². The number of alkyl halides is 3. The van der Waals surface area contributed by atoms with Gasteiger partial charge in [-0.2, -0.15) is 18.2 Å². The Balaban J connectivity index is 1.41. The van der Waals surface area contributed by atoms with Gasteiger partial charge in [0.05, 0.1) is 29.8 Å². The fourth-order valence-corrected chi connectivity index (χ4v) is 3.39. The summed E-state index contributed by atoms with van der Waals surface area (Å²) in [5.41, 5.74) is 1.02. The van der Waals surface area contributed by atoms with Gasteiger partial charge in [-0.3, -0.25) is 14.9 Å². The molecule has 0 bridgehead atoms. The fourth-order valence-electron chi connectivity index (χ4n) is 3.39. The van der Waals surface area contributed by atoms with Crippen molar-refractivity contribution in [3.05, 3.63) is 47.5 Å². The number of aromatic nitrogens is 3. The molecule has 0 aliphatic carbocycles. The second-order valence-corrected chi connectivity index (χ2v) is 7.73. The van der Waals surface area contributed by atoms with Crippen molar-refractivity contribution in [2.24, 2.45) is 7.05 Å². The van der Waals surface area contributed by atoms with Crippen LogP contribution in [-0.2, 0) is 27.5 Å². The third-order valence-electron chi connectivity index (χ3n) is 5.14. The summed E-state index contributed by atoms with van der Waals surface area (Å²) in [6.45, 7) is 2.20. The Labute approximate surface area is 202 Å². The second kappa shape index (κ2) is 10.2. The minimum atomic E-state index is -4.49. The van der Waals surface area contributed by atoms with Gasteiger partial charge in [-0.15, -0.1) is 0 Å². The highest BCUT2D eigenvalue weighted by atomic mass is 19.4.